The molecule has 0 heterocycles. The van der Waals surface area contributed by atoms with Gasteiger partial charge in [-0.2, -0.15) is 0 Å². The number of nitrogens with two attached hydrogens (primary N) is 1. The first-order valence-corrected chi connectivity index (χ1v) is 3.69. The topological polar surface area (TPSA) is 63.3 Å². The Labute approximate surface area is 74.8 Å². The van der Waals surface area contributed by atoms with Crippen molar-refractivity contribution in [3.63, 3.8) is 0 Å². The zero-order chi connectivity index (χ0) is 9.30. The highest BCUT2D eigenvalue weighted by molar-refractivity contribution is 6.31. The molecule has 64 valence electrons. The molecule has 0 aromatic heterocycles. The van der Waals surface area contributed by atoms with Gasteiger partial charge in [0, 0.05) is 16.7 Å². The number of ketones is 1. The number of aromatic hydroxyl groups is 1. The summed E-state index contributed by atoms with van der Waals surface area (Å²) in [5.41, 5.74) is 5.75. The molecule has 0 saturated carbocycles. The number of hydrogen-bond acceptors (Lipinski definition) is 3. The largest absolute Gasteiger partial charge is 0.506 e. The average molecular weight is 186 g/mol. The van der Waals surface area contributed by atoms with Crippen LogP contribution in [0.2, 0.25) is 5.02 Å². The van der Waals surface area contributed by atoms with E-state index in [2.05, 4.69) is 0 Å². The Morgan fingerprint density at radius 2 is 2.17 bits per heavy atom. The molecule has 0 atom stereocenters. The Balaban J connectivity index is 3.37. The molecule has 4 heteroatoms. The summed E-state index contributed by atoms with van der Waals surface area (Å²) in [4.78, 5) is 10.9. The lowest BCUT2D eigenvalue weighted by molar-refractivity contribution is 0.101. The highest BCUT2D eigenvalue weighted by atomic mass is 35.5. The van der Waals surface area contributed by atoms with E-state index in [1.807, 2.05) is 0 Å². The van der Waals surface area contributed by atoms with E-state index in [0.29, 0.717) is 5.02 Å². The van der Waals surface area contributed by atoms with E-state index in [9.17, 15) is 4.79 Å². The van der Waals surface area contributed by atoms with Gasteiger partial charge in [0.15, 0.2) is 5.78 Å². The van der Waals surface area contributed by atoms with E-state index in [1.165, 1.54) is 19.1 Å². The number of carbonyl (C=O) groups is 1. The lowest BCUT2D eigenvalue weighted by atomic mass is 10.1. The molecular formula is C8H8ClNO2. The van der Waals surface area contributed by atoms with Crippen LogP contribution < -0.4 is 5.73 Å². The van der Waals surface area contributed by atoms with Gasteiger partial charge in [-0.1, -0.05) is 11.6 Å². The van der Waals surface area contributed by atoms with Crippen LogP contribution in [0.4, 0.5) is 5.69 Å². The number of halogens is 1. The number of carbonyl (C=O) groups excluding carboxylic acids is 1. The molecule has 0 aliphatic heterocycles. The Morgan fingerprint density at radius 1 is 1.58 bits per heavy atom. The standard InChI is InChI=1S/C8H8ClNO2/c1-4(11)6-2-5(9)3-7(12)8(6)10/h2-3,12H,10H2,1H3. The van der Waals surface area contributed by atoms with Crippen molar-refractivity contribution in [2.75, 3.05) is 5.73 Å². The number of anilines is 1. The molecular weight excluding hydrogens is 178 g/mol. The van der Waals surface area contributed by atoms with Crippen molar-refractivity contribution in [2.24, 2.45) is 0 Å². The molecule has 12 heavy (non-hydrogen) atoms. The van der Waals surface area contributed by atoms with Gasteiger partial charge in [0.05, 0.1) is 5.69 Å². The first-order chi connectivity index (χ1) is 5.52. The summed E-state index contributed by atoms with van der Waals surface area (Å²) in [6, 6.07) is 2.72. The van der Waals surface area contributed by atoms with Crippen LogP contribution in [0.1, 0.15) is 17.3 Å². The predicted octanol–water partition coefficient (Wildman–Crippen LogP) is 1.83. The van der Waals surface area contributed by atoms with Crippen molar-refractivity contribution in [3.05, 3.63) is 22.7 Å². The average Bonchev–Trinajstić information content (AvgIpc) is 1.96. The van der Waals surface area contributed by atoms with Crippen LogP contribution in [0, 0.1) is 0 Å². The van der Waals surface area contributed by atoms with Crippen LogP contribution in [0.3, 0.4) is 0 Å². The first-order valence-electron chi connectivity index (χ1n) is 3.31. The van der Waals surface area contributed by atoms with E-state index in [4.69, 9.17) is 22.4 Å². The van der Waals surface area contributed by atoms with Crippen LogP contribution in [-0.4, -0.2) is 10.9 Å². The number of rotatable bonds is 1. The molecule has 0 spiro atoms. The van der Waals surface area contributed by atoms with Crippen LogP contribution in [0.25, 0.3) is 0 Å². The third-order valence-corrected chi connectivity index (χ3v) is 1.72. The monoisotopic (exact) mass is 185 g/mol. The minimum Gasteiger partial charge on any atom is -0.506 e. The molecule has 1 aromatic rings. The van der Waals surface area contributed by atoms with Gasteiger partial charge >= 0.3 is 0 Å². The van der Waals surface area contributed by atoms with E-state index in [-0.39, 0.29) is 22.8 Å². The second-order valence-corrected chi connectivity index (χ2v) is 2.88. The highest BCUT2D eigenvalue weighted by Crippen LogP contribution is 2.28. The Kier molecular flexibility index (Phi) is 2.24. The molecule has 0 fully saturated rings. The maximum Gasteiger partial charge on any atom is 0.162 e. The summed E-state index contributed by atoms with van der Waals surface area (Å²) in [5.74, 6) is -0.377. The number of nitrogen functional groups attached to an aromatic ring is 1. The number of phenolic OH excluding ortho intramolecular Hbond substituents is 1. The van der Waals surface area contributed by atoms with Crippen molar-refractivity contribution < 1.29 is 9.90 Å². The van der Waals surface area contributed by atoms with Crippen LogP contribution >= 0.6 is 11.6 Å². The SMILES string of the molecule is CC(=O)c1cc(Cl)cc(O)c1N. The molecule has 0 aliphatic rings. The molecule has 0 radical (unpaired) electrons. The van der Waals surface area contributed by atoms with Crippen molar-refractivity contribution in [1.82, 2.24) is 0 Å². The molecule has 0 amide bonds. The Bertz CT molecular complexity index is 336. The first kappa shape index (κ1) is 8.87. The lowest BCUT2D eigenvalue weighted by Crippen LogP contribution is -1.99. The maximum atomic E-state index is 10.9. The van der Waals surface area contributed by atoms with Crippen molar-refractivity contribution >= 4 is 23.1 Å². The van der Waals surface area contributed by atoms with Crippen molar-refractivity contribution in [1.29, 1.82) is 0 Å². The Morgan fingerprint density at radius 3 is 2.67 bits per heavy atom. The molecule has 3 nitrogen and oxygen atoms in total. The molecule has 0 unspecified atom stereocenters. The van der Waals surface area contributed by atoms with Gasteiger partial charge < -0.3 is 10.8 Å². The second-order valence-electron chi connectivity index (χ2n) is 2.44. The summed E-state index contributed by atoms with van der Waals surface area (Å²) in [6.45, 7) is 1.36. The fraction of sp³-hybridized carbons (Fsp3) is 0.125. The van der Waals surface area contributed by atoms with Crippen LogP contribution in [0.15, 0.2) is 12.1 Å². The molecule has 1 aromatic carbocycles. The quantitative estimate of drug-likeness (QED) is 0.399. The smallest absolute Gasteiger partial charge is 0.162 e. The molecule has 0 aliphatic carbocycles. The number of benzene rings is 1. The van der Waals surface area contributed by atoms with Gasteiger partial charge in [-0.15, -0.1) is 0 Å². The van der Waals surface area contributed by atoms with Gasteiger partial charge in [0.1, 0.15) is 5.75 Å². The van der Waals surface area contributed by atoms with E-state index in [1.54, 1.807) is 0 Å². The maximum absolute atomic E-state index is 10.9. The molecule has 0 bridgehead atoms. The normalized spacial score (nSPS) is 9.83. The van der Waals surface area contributed by atoms with Crippen LogP contribution in [-0.2, 0) is 0 Å². The van der Waals surface area contributed by atoms with Crippen molar-refractivity contribution in [3.8, 4) is 5.75 Å². The van der Waals surface area contributed by atoms with Gasteiger partial charge in [-0.25, -0.2) is 0 Å². The van der Waals surface area contributed by atoms with Crippen molar-refractivity contribution in [2.45, 2.75) is 6.92 Å². The minimum absolute atomic E-state index is 0.0758. The van der Waals surface area contributed by atoms with E-state index < -0.39 is 0 Å². The second kappa shape index (κ2) is 3.03. The van der Waals surface area contributed by atoms with E-state index in [0.717, 1.165) is 0 Å². The van der Waals surface area contributed by atoms with Gasteiger partial charge in [-0.05, 0) is 13.0 Å². The van der Waals surface area contributed by atoms with E-state index >= 15 is 0 Å². The molecule has 3 N–H and O–H groups in total. The van der Waals surface area contributed by atoms with Gasteiger partial charge in [0.2, 0.25) is 0 Å². The minimum atomic E-state index is -0.217. The summed E-state index contributed by atoms with van der Waals surface area (Å²) in [7, 11) is 0. The lowest BCUT2D eigenvalue weighted by Gasteiger charge is -2.04. The molecule has 1 rings (SSSR count). The zero-order valence-corrected chi connectivity index (χ0v) is 7.22. The summed E-state index contributed by atoms with van der Waals surface area (Å²) in [6.07, 6.45) is 0. The zero-order valence-electron chi connectivity index (χ0n) is 6.47. The third-order valence-electron chi connectivity index (χ3n) is 1.50. The Hall–Kier alpha value is -1.22. The number of hydrogen-bond donors (Lipinski definition) is 2. The fourth-order valence-electron chi connectivity index (χ4n) is 0.895. The summed E-state index contributed by atoms with van der Waals surface area (Å²) in [5, 5.41) is 9.47. The fourth-order valence-corrected chi connectivity index (χ4v) is 1.11. The predicted molar refractivity (Wildman–Crippen MR) is 47.5 cm³/mol. The highest BCUT2D eigenvalue weighted by Gasteiger charge is 2.09. The number of Topliss-reactive ketones (excluding diaryl/α,β-unsaturated/α-hetero) is 1. The summed E-state index contributed by atoms with van der Waals surface area (Å²) >= 11 is 5.60. The van der Waals surface area contributed by atoms with Gasteiger partial charge in [-0.3, -0.25) is 4.79 Å². The molecule has 0 saturated heterocycles. The van der Waals surface area contributed by atoms with Crippen LogP contribution in [0.5, 0.6) is 5.75 Å². The summed E-state index contributed by atoms with van der Waals surface area (Å²) < 4.78 is 0. The number of phenols is 1. The third kappa shape index (κ3) is 1.51. The van der Waals surface area contributed by atoms with Gasteiger partial charge in [0.25, 0.3) is 0 Å².